The zero-order valence-electron chi connectivity index (χ0n) is 14.3. The molecule has 1 aliphatic rings. The molecule has 130 valence electrons. The number of rotatable bonds is 4. The van der Waals surface area contributed by atoms with Gasteiger partial charge in [0.2, 0.25) is 0 Å². The monoisotopic (exact) mass is 401 g/mol. The first-order chi connectivity index (χ1) is 12.2. The molecule has 1 fully saturated rings. The van der Waals surface area contributed by atoms with Crippen molar-refractivity contribution in [3.8, 4) is 0 Å². The summed E-state index contributed by atoms with van der Waals surface area (Å²) in [7, 11) is 0. The van der Waals surface area contributed by atoms with Gasteiger partial charge in [-0.3, -0.25) is 0 Å². The van der Waals surface area contributed by atoms with Gasteiger partial charge in [-0.05, 0) is 0 Å². The van der Waals surface area contributed by atoms with Crippen molar-refractivity contribution in [3.05, 3.63) is 71.8 Å². The van der Waals surface area contributed by atoms with Gasteiger partial charge in [-0.1, -0.05) is 0 Å². The Labute approximate surface area is 155 Å². The predicted molar refractivity (Wildman–Crippen MR) is 103 cm³/mol. The molecule has 0 aliphatic carbocycles. The molecule has 2 aromatic carbocycles. The number of hydrogen-bond donors (Lipinski definition) is 2. The number of benzene rings is 2. The van der Waals surface area contributed by atoms with E-state index in [2.05, 4.69) is 72.0 Å². The van der Waals surface area contributed by atoms with Crippen molar-refractivity contribution in [1.29, 1.82) is 0 Å². The number of nitrogens with two attached hydrogens (primary N) is 1. The number of nitrogens with one attached hydrogen (secondary N) is 1. The van der Waals surface area contributed by atoms with Gasteiger partial charge in [0.1, 0.15) is 0 Å². The standard InChI is InChI=1S/C20H23N3OSe/c1-2-16-17(22-23-20(21)24)13-18(14-9-5-3-6-10-14)25-19(16)15-11-7-4-8-12-15/h3-12,16,18-19H,2,13H2,1H3,(H3,21,23,24)/b22-17+/t16-,18+,19+/m0/s1. The van der Waals surface area contributed by atoms with Crippen molar-refractivity contribution in [3.63, 3.8) is 0 Å². The van der Waals surface area contributed by atoms with Crippen LogP contribution in [-0.2, 0) is 0 Å². The number of hydrazone groups is 1. The van der Waals surface area contributed by atoms with Crippen LogP contribution in [-0.4, -0.2) is 26.7 Å². The molecule has 1 saturated heterocycles. The van der Waals surface area contributed by atoms with E-state index in [4.69, 9.17) is 5.73 Å². The van der Waals surface area contributed by atoms with Crippen LogP contribution in [0.25, 0.3) is 0 Å². The van der Waals surface area contributed by atoms with E-state index in [0.29, 0.717) is 30.5 Å². The summed E-state index contributed by atoms with van der Waals surface area (Å²) >= 11 is 0.412. The number of amides is 2. The first kappa shape index (κ1) is 17.7. The Morgan fingerprint density at radius 2 is 1.72 bits per heavy atom. The average Bonchev–Trinajstić information content (AvgIpc) is 2.67. The summed E-state index contributed by atoms with van der Waals surface area (Å²) in [5, 5.41) is 4.39. The van der Waals surface area contributed by atoms with Gasteiger partial charge >= 0.3 is 155 Å². The topological polar surface area (TPSA) is 67.5 Å². The molecule has 0 saturated carbocycles. The zero-order valence-corrected chi connectivity index (χ0v) is 16.0. The van der Waals surface area contributed by atoms with Crippen LogP contribution in [0.3, 0.4) is 0 Å². The van der Waals surface area contributed by atoms with E-state index < -0.39 is 6.03 Å². The third-order valence-corrected chi connectivity index (χ3v) is 8.03. The number of primary amides is 1. The van der Waals surface area contributed by atoms with E-state index in [1.807, 2.05) is 6.07 Å². The van der Waals surface area contributed by atoms with Crippen molar-refractivity contribution in [2.75, 3.05) is 0 Å². The van der Waals surface area contributed by atoms with Gasteiger partial charge in [0.25, 0.3) is 0 Å². The second-order valence-electron chi connectivity index (χ2n) is 6.16. The van der Waals surface area contributed by atoms with Crippen LogP contribution in [0.5, 0.6) is 0 Å². The molecule has 25 heavy (non-hydrogen) atoms. The fraction of sp³-hybridized carbons (Fsp3) is 0.300. The number of carbonyl (C=O) groups excluding carboxylic acids is 1. The van der Waals surface area contributed by atoms with Gasteiger partial charge in [0.15, 0.2) is 0 Å². The molecule has 3 rings (SSSR count). The summed E-state index contributed by atoms with van der Waals surface area (Å²) < 4.78 is 0. The van der Waals surface area contributed by atoms with E-state index in [1.165, 1.54) is 11.1 Å². The first-order valence-corrected chi connectivity index (χ1v) is 10.5. The molecule has 0 aromatic heterocycles. The Hall–Kier alpha value is -2.10. The molecule has 0 radical (unpaired) electrons. The van der Waals surface area contributed by atoms with Crippen molar-refractivity contribution in [2.24, 2.45) is 16.8 Å². The maximum absolute atomic E-state index is 11.1. The van der Waals surface area contributed by atoms with Crippen LogP contribution in [0, 0.1) is 5.92 Å². The summed E-state index contributed by atoms with van der Waals surface area (Å²) in [5.41, 5.74) is 11.5. The summed E-state index contributed by atoms with van der Waals surface area (Å²) in [4.78, 5) is 12.1. The SMILES string of the molecule is CC[C@H]1/C(=N/NC(N)=O)C[C@H](c2ccccc2)[Se][C@@H]1c1ccccc1. The molecule has 0 unspecified atom stereocenters. The van der Waals surface area contributed by atoms with E-state index in [1.54, 1.807) is 0 Å². The summed E-state index contributed by atoms with van der Waals surface area (Å²) in [6.07, 6.45) is 1.88. The van der Waals surface area contributed by atoms with Gasteiger partial charge in [0, 0.05) is 0 Å². The third-order valence-electron chi connectivity index (χ3n) is 4.55. The molecule has 5 heteroatoms. The van der Waals surface area contributed by atoms with E-state index in [-0.39, 0.29) is 0 Å². The van der Waals surface area contributed by atoms with Gasteiger partial charge in [0.05, 0.1) is 0 Å². The molecular formula is C20H23N3OSe. The Morgan fingerprint density at radius 1 is 1.12 bits per heavy atom. The van der Waals surface area contributed by atoms with Gasteiger partial charge < -0.3 is 0 Å². The Bertz CT molecular complexity index is 733. The number of nitrogens with zero attached hydrogens (tertiary/aromatic N) is 1. The molecular weight excluding hydrogens is 377 g/mol. The summed E-state index contributed by atoms with van der Waals surface area (Å²) in [6.45, 7) is 2.19. The van der Waals surface area contributed by atoms with Crippen LogP contribution >= 0.6 is 0 Å². The molecule has 1 heterocycles. The number of carbonyl (C=O) groups is 1. The van der Waals surface area contributed by atoms with Crippen LogP contribution in [0.15, 0.2) is 65.8 Å². The maximum atomic E-state index is 11.1. The Morgan fingerprint density at radius 3 is 2.28 bits per heavy atom. The molecule has 0 spiro atoms. The van der Waals surface area contributed by atoms with E-state index >= 15 is 0 Å². The minimum atomic E-state index is -0.606. The van der Waals surface area contributed by atoms with Crippen molar-refractivity contribution >= 4 is 26.7 Å². The number of urea groups is 1. The van der Waals surface area contributed by atoms with Gasteiger partial charge in [-0.25, -0.2) is 0 Å². The Kier molecular flexibility index (Phi) is 5.90. The van der Waals surface area contributed by atoms with Crippen LogP contribution in [0.1, 0.15) is 40.5 Å². The van der Waals surface area contributed by atoms with Gasteiger partial charge in [-0.15, -0.1) is 0 Å². The van der Waals surface area contributed by atoms with E-state index in [9.17, 15) is 4.79 Å². The molecule has 1 aliphatic heterocycles. The molecule has 0 bridgehead atoms. The molecule has 4 nitrogen and oxygen atoms in total. The minimum absolute atomic E-state index is 0.342. The normalized spacial score (nSPS) is 24.8. The average molecular weight is 400 g/mol. The zero-order chi connectivity index (χ0) is 17.6. The molecule has 2 amide bonds. The fourth-order valence-electron chi connectivity index (χ4n) is 3.36. The first-order valence-electron chi connectivity index (χ1n) is 8.56. The quantitative estimate of drug-likeness (QED) is 0.597. The molecule has 3 N–H and O–H groups in total. The second-order valence-corrected chi connectivity index (χ2v) is 9.00. The Balaban J connectivity index is 1.97. The third kappa shape index (κ3) is 4.30. The molecule has 2 aromatic rings. The summed E-state index contributed by atoms with van der Waals surface area (Å²) in [5.74, 6) is 0.342. The molecule has 3 atom stereocenters. The van der Waals surface area contributed by atoms with Crippen molar-refractivity contribution in [1.82, 2.24) is 5.43 Å². The van der Waals surface area contributed by atoms with Crippen LogP contribution in [0.2, 0.25) is 0 Å². The van der Waals surface area contributed by atoms with Crippen LogP contribution in [0.4, 0.5) is 4.79 Å². The predicted octanol–water partition coefficient (Wildman–Crippen LogP) is 3.63. The second kappa shape index (κ2) is 8.32. The number of hydrogen-bond acceptors (Lipinski definition) is 2. The van der Waals surface area contributed by atoms with Crippen LogP contribution < -0.4 is 11.2 Å². The fourth-order valence-corrected chi connectivity index (χ4v) is 7.11. The van der Waals surface area contributed by atoms with Crippen molar-refractivity contribution in [2.45, 2.75) is 29.4 Å². The van der Waals surface area contributed by atoms with E-state index in [0.717, 1.165) is 18.6 Å². The summed E-state index contributed by atoms with van der Waals surface area (Å²) in [6, 6.07) is 20.7. The van der Waals surface area contributed by atoms with Gasteiger partial charge in [-0.2, -0.15) is 0 Å². The van der Waals surface area contributed by atoms with Crippen molar-refractivity contribution < 1.29 is 4.79 Å².